The summed E-state index contributed by atoms with van der Waals surface area (Å²) in [5, 5.41) is 8.11. The lowest BCUT2D eigenvalue weighted by Gasteiger charge is -2.23. The highest BCUT2D eigenvalue weighted by molar-refractivity contribution is 4.74. The number of rotatable bonds is 5. The standard InChI is InChI=1S/C10H23N3/c1-4-6-11-8-10-5-7-13(9-10)12(2)3/h10-11H,4-9H2,1-3H3. The molecular formula is C10H23N3. The van der Waals surface area contributed by atoms with Gasteiger partial charge in [0.05, 0.1) is 0 Å². The Morgan fingerprint density at radius 1 is 1.46 bits per heavy atom. The fourth-order valence-electron chi connectivity index (χ4n) is 1.83. The highest BCUT2D eigenvalue weighted by Gasteiger charge is 2.22. The third kappa shape index (κ3) is 3.63. The van der Waals surface area contributed by atoms with Crippen LogP contribution in [0.3, 0.4) is 0 Å². The smallest absolute Gasteiger partial charge is 0.0174 e. The number of hydrazine groups is 1. The van der Waals surface area contributed by atoms with Gasteiger partial charge in [0.2, 0.25) is 0 Å². The lowest BCUT2D eigenvalue weighted by atomic mass is 10.1. The van der Waals surface area contributed by atoms with Gasteiger partial charge < -0.3 is 5.32 Å². The van der Waals surface area contributed by atoms with Gasteiger partial charge in [0.25, 0.3) is 0 Å². The highest BCUT2D eigenvalue weighted by atomic mass is 15.6. The first-order valence-corrected chi connectivity index (χ1v) is 5.37. The minimum atomic E-state index is 0.856. The molecule has 1 rings (SSSR count). The van der Waals surface area contributed by atoms with Crippen LogP contribution in [-0.4, -0.2) is 50.3 Å². The maximum atomic E-state index is 3.49. The van der Waals surface area contributed by atoms with Gasteiger partial charge in [0.15, 0.2) is 0 Å². The van der Waals surface area contributed by atoms with E-state index in [-0.39, 0.29) is 0 Å². The zero-order chi connectivity index (χ0) is 9.68. The van der Waals surface area contributed by atoms with Crippen LogP contribution in [0.2, 0.25) is 0 Å². The summed E-state index contributed by atoms with van der Waals surface area (Å²) in [5.41, 5.74) is 0. The summed E-state index contributed by atoms with van der Waals surface area (Å²) in [4.78, 5) is 0. The first-order valence-electron chi connectivity index (χ1n) is 5.37. The quantitative estimate of drug-likeness (QED) is 0.639. The molecule has 0 radical (unpaired) electrons. The van der Waals surface area contributed by atoms with Crippen molar-refractivity contribution >= 4 is 0 Å². The van der Waals surface area contributed by atoms with Crippen molar-refractivity contribution in [2.24, 2.45) is 5.92 Å². The van der Waals surface area contributed by atoms with E-state index in [1.165, 1.54) is 39.0 Å². The molecule has 1 aliphatic rings. The van der Waals surface area contributed by atoms with E-state index in [1.807, 2.05) is 0 Å². The normalized spacial score (nSPS) is 24.5. The molecule has 0 aromatic heterocycles. The SMILES string of the molecule is CCCNCC1CCN(N(C)C)C1. The van der Waals surface area contributed by atoms with Crippen LogP contribution in [0.4, 0.5) is 0 Å². The van der Waals surface area contributed by atoms with Crippen LogP contribution in [0.5, 0.6) is 0 Å². The molecule has 0 aromatic rings. The van der Waals surface area contributed by atoms with Crippen LogP contribution >= 0.6 is 0 Å². The monoisotopic (exact) mass is 185 g/mol. The lowest BCUT2D eigenvalue weighted by Crippen LogP contribution is -2.35. The van der Waals surface area contributed by atoms with E-state index >= 15 is 0 Å². The largest absolute Gasteiger partial charge is 0.316 e. The topological polar surface area (TPSA) is 18.5 Å². The lowest BCUT2D eigenvalue weighted by molar-refractivity contribution is 0.0491. The summed E-state index contributed by atoms with van der Waals surface area (Å²) in [6, 6.07) is 0. The molecule has 0 saturated carbocycles. The first kappa shape index (κ1) is 11.0. The van der Waals surface area contributed by atoms with E-state index in [0.717, 1.165) is 5.92 Å². The van der Waals surface area contributed by atoms with Crippen molar-refractivity contribution in [2.45, 2.75) is 19.8 Å². The molecule has 1 heterocycles. The van der Waals surface area contributed by atoms with Crippen molar-refractivity contribution in [1.29, 1.82) is 0 Å². The number of nitrogens with one attached hydrogen (secondary N) is 1. The second-order valence-electron chi connectivity index (χ2n) is 4.12. The molecule has 0 aromatic carbocycles. The molecule has 1 N–H and O–H groups in total. The first-order chi connectivity index (χ1) is 6.24. The molecule has 1 unspecified atom stereocenters. The van der Waals surface area contributed by atoms with Gasteiger partial charge in [-0.3, -0.25) is 0 Å². The molecule has 0 spiro atoms. The van der Waals surface area contributed by atoms with Gasteiger partial charge in [-0.2, -0.15) is 0 Å². The number of hydrogen-bond donors (Lipinski definition) is 1. The molecule has 1 aliphatic heterocycles. The average Bonchev–Trinajstić information content (AvgIpc) is 2.53. The molecular weight excluding hydrogens is 162 g/mol. The molecule has 13 heavy (non-hydrogen) atoms. The zero-order valence-corrected chi connectivity index (χ0v) is 9.21. The zero-order valence-electron chi connectivity index (χ0n) is 9.21. The second-order valence-corrected chi connectivity index (χ2v) is 4.12. The predicted molar refractivity (Wildman–Crippen MR) is 56.5 cm³/mol. The Kier molecular flexibility index (Phi) is 4.70. The van der Waals surface area contributed by atoms with E-state index in [4.69, 9.17) is 0 Å². The Morgan fingerprint density at radius 3 is 2.77 bits per heavy atom. The van der Waals surface area contributed by atoms with Crippen molar-refractivity contribution < 1.29 is 0 Å². The third-order valence-electron chi connectivity index (χ3n) is 2.69. The van der Waals surface area contributed by atoms with Crippen molar-refractivity contribution in [1.82, 2.24) is 15.3 Å². The average molecular weight is 185 g/mol. The summed E-state index contributed by atoms with van der Waals surface area (Å²) >= 11 is 0. The van der Waals surface area contributed by atoms with E-state index in [9.17, 15) is 0 Å². The molecule has 3 heteroatoms. The molecule has 1 saturated heterocycles. The van der Waals surface area contributed by atoms with Gasteiger partial charge in [-0.05, 0) is 31.8 Å². The van der Waals surface area contributed by atoms with Crippen LogP contribution in [0.25, 0.3) is 0 Å². The van der Waals surface area contributed by atoms with Crippen molar-refractivity contribution in [3.8, 4) is 0 Å². The summed E-state index contributed by atoms with van der Waals surface area (Å²) in [7, 11) is 4.25. The summed E-state index contributed by atoms with van der Waals surface area (Å²) in [6.45, 7) is 7.03. The van der Waals surface area contributed by atoms with Crippen LogP contribution in [0.1, 0.15) is 19.8 Å². The molecule has 1 atom stereocenters. The summed E-state index contributed by atoms with van der Waals surface area (Å²) in [5.74, 6) is 0.856. The van der Waals surface area contributed by atoms with Gasteiger partial charge in [-0.25, -0.2) is 10.0 Å². The number of nitrogens with zero attached hydrogens (tertiary/aromatic N) is 2. The Balaban J connectivity index is 2.10. The van der Waals surface area contributed by atoms with Gasteiger partial charge in [-0.15, -0.1) is 0 Å². The molecule has 0 bridgehead atoms. The van der Waals surface area contributed by atoms with E-state index in [2.05, 4.69) is 36.4 Å². The maximum absolute atomic E-state index is 3.49. The summed E-state index contributed by atoms with van der Waals surface area (Å²) in [6.07, 6.45) is 2.58. The van der Waals surface area contributed by atoms with Crippen molar-refractivity contribution in [3.63, 3.8) is 0 Å². The fourth-order valence-corrected chi connectivity index (χ4v) is 1.83. The fraction of sp³-hybridized carbons (Fsp3) is 1.00. The van der Waals surface area contributed by atoms with Crippen molar-refractivity contribution in [2.75, 3.05) is 40.3 Å². The van der Waals surface area contributed by atoms with Crippen LogP contribution in [0.15, 0.2) is 0 Å². The Bertz CT molecular complexity index is 136. The second kappa shape index (κ2) is 5.58. The Labute approximate surface area is 82.1 Å². The maximum Gasteiger partial charge on any atom is 0.0174 e. The molecule has 3 nitrogen and oxygen atoms in total. The van der Waals surface area contributed by atoms with Crippen LogP contribution < -0.4 is 5.32 Å². The Hall–Kier alpha value is -0.120. The molecule has 0 amide bonds. The molecule has 1 fully saturated rings. The molecule has 0 aliphatic carbocycles. The minimum absolute atomic E-state index is 0.856. The van der Waals surface area contributed by atoms with Crippen molar-refractivity contribution in [3.05, 3.63) is 0 Å². The van der Waals surface area contributed by atoms with E-state index < -0.39 is 0 Å². The minimum Gasteiger partial charge on any atom is -0.316 e. The third-order valence-corrected chi connectivity index (χ3v) is 2.69. The number of hydrogen-bond acceptors (Lipinski definition) is 3. The van der Waals surface area contributed by atoms with E-state index in [1.54, 1.807) is 0 Å². The Morgan fingerprint density at radius 2 is 2.23 bits per heavy atom. The predicted octanol–water partition coefficient (Wildman–Crippen LogP) is 0.785. The summed E-state index contributed by atoms with van der Waals surface area (Å²) < 4.78 is 0. The molecule has 78 valence electrons. The van der Waals surface area contributed by atoms with Gasteiger partial charge >= 0.3 is 0 Å². The van der Waals surface area contributed by atoms with Crippen LogP contribution in [0, 0.1) is 5.92 Å². The highest BCUT2D eigenvalue weighted by Crippen LogP contribution is 2.15. The van der Waals surface area contributed by atoms with Crippen LogP contribution in [-0.2, 0) is 0 Å². The van der Waals surface area contributed by atoms with Gasteiger partial charge in [0, 0.05) is 27.2 Å². The van der Waals surface area contributed by atoms with Gasteiger partial charge in [0.1, 0.15) is 0 Å². The van der Waals surface area contributed by atoms with Gasteiger partial charge in [-0.1, -0.05) is 6.92 Å². The van der Waals surface area contributed by atoms with E-state index in [0.29, 0.717) is 0 Å².